The first-order valence-corrected chi connectivity index (χ1v) is 13.0. The Morgan fingerprint density at radius 3 is 2.68 bits per heavy atom. The van der Waals surface area contributed by atoms with Crippen LogP contribution in [0.25, 0.3) is 20.7 Å². The molecule has 0 bridgehead atoms. The van der Waals surface area contributed by atoms with Gasteiger partial charge in [-0.25, -0.2) is 4.98 Å². The zero-order valence-corrected chi connectivity index (χ0v) is 20.5. The summed E-state index contributed by atoms with van der Waals surface area (Å²) >= 11 is 3.04. The van der Waals surface area contributed by atoms with Gasteiger partial charge in [-0.1, -0.05) is 18.2 Å². The number of carbonyl (C=O) groups excluding carboxylic acids is 1. The molecule has 0 spiro atoms. The lowest BCUT2D eigenvalue weighted by Gasteiger charge is -2.28. The molecule has 0 radical (unpaired) electrons. The van der Waals surface area contributed by atoms with Gasteiger partial charge in [-0.15, -0.1) is 22.7 Å². The van der Waals surface area contributed by atoms with Crippen molar-refractivity contribution in [1.29, 1.82) is 0 Å². The summed E-state index contributed by atoms with van der Waals surface area (Å²) in [5, 5.41) is 7.58. The van der Waals surface area contributed by atoms with E-state index in [2.05, 4.69) is 27.3 Å². The van der Waals surface area contributed by atoms with Gasteiger partial charge in [-0.3, -0.25) is 19.1 Å². The second kappa shape index (κ2) is 10.1. The summed E-state index contributed by atoms with van der Waals surface area (Å²) in [5.74, 6) is 0.611. The van der Waals surface area contributed by atoms with E-state index in [-0.39, 0.29) is 24.1 Å². The zero-order valence-electron chi connectivity index (χ0n) is 18.9. The summed E-state index contributed by atoms with van der Waals surface area (Å²) in [7, 11) is 1.65. The van der Waals surface area contributed by atoms with Crippen molar-refractivity contribution in [3.8, 4) is 16.2 Å². The van der Waals surface area contributed by atoms with Gasteiger partial charge < -0.3 is 10.1 Å². The van der Waals surface area contributed by atoms with Gasteiger partial charge in [0.25, 0.3) is 5.56 Å². The summed E-state index contributed by atoms with van der Waals surface area (Å²) in [6.45, 7) is 2.44. The number of hydrogen-bond acceptors (Lipinski definition) is 7. The molecule has 9 heteroatoms. The number of hydrogen-bond donors (Lipinski definition) is 1. The molecule has 0 unspecified atom stereocenters. The molecule has 7 nitrogen and oxygen atoms in total. The summed E-state index contributed by atoms with van der Waals surface area (Å²) in [4.78, 5) is 34.6. The van der Waals surface area contributed by atoms with Gasteiger partial charge in [0, 0.05) is 22.4 Å². The topological polar surface area (TPSA) is 76.5 Å². The van der Waals surface area contributed by atoms with Gasteiger partial charge in [0.1, 0.15) is 17.1 Å². The molecular formula is C25H26N4O3S2. The first kappa shape index (κ1) is 22.8. The summed E-state index contributed by atoms with van der Waals surface area (Å²) in [6.07, 6.45) is 3.80. The third kappa shape index (κ3) is 4.64. The number of carbonyl (C=O) groups is 1. The van der Waals surface area contributed by atoms with Crippen LogP contribution in [0.3, 0.4) is 0 Å². The highest BCUT2D eigenvalue weighted by molar-refractivity contribution is 7.18. The minimum atomic E-state index is -0.200. The summed E-state index contributed by atoms with van der Waals surface area (Å²) in [6, 6.07) is 12.0. The van der Waals surface area contributed by atoms with Crippen molar-refractivity contribution in [2.75, 3.05) is 26.7 Å². The van der Waals surface area contributed by atoms with Gasteiger partial charge >= 0.3 is 0 Å². The monoisotopic (exact) mass is 494 g/mol. The van der Waals surface area contributed by atoms with Gasteiger partial charge in [0.05, 0.1) is 24.9 Å². The summed E-state index contributed by atoms with van der Waals surface area (Å²) in [5.41, 5.74) is 1.84. The van der Waals surface area contributed by atoms with Crippen LogP contribution in [-0.2, 0) is 11.3 Å². The Morgan fingerprint density at radius 2 is 1.97 bits per heavy atom. The Labute approximate surface area is 205 Å². The fourth-order valence-corrected chi connectivity index (χ4v) is 6.17. The van der Waals surface area contributed by atoms with Crippen molar-refractivity contribution in [3.63, 3.8) is 0 Å². The van der Waals surface area contributed by atoms with E-state index < -0.39 is 0 Å². The van der Waals surface area contributed by atoms with E-state index in [4.69, 9.17) is 4.74 Å². The van der Waals surface area contributed by atoms with E-state index in [1.165, 1.54) is 22.2 Å². The van der Waals surface area contributed by atoms with E-state index in [1.807, 2.05) is 35.0 Å². The van der Waals surface area contributed by atoms with Crippen LogP contribution in [0.5, 0.6) is 5.75 Å². The average molecular weight is 495 g/mol. The van der Waals surface area contributed by atoms with Gasteiger partial charge in [-0.2, -0.15) is 0 Å². The van der Waals surface area contributed by atoms with Crippen molar-refractivity contribution in [2.24, 2.45) is 0 Å². The molecule has 1 atom stereocenters. The molecule has 1 fully saturated rings. The Morgan fingerprint density at radius 1 is 1.18 bits per heavy atom. The van der Waals surface area contributed by atoms with Gasteiger partial charge in [-0.05, 0) is 55.1 Å². The van der Waals surface area contributed by atoms with E-state index >= 15 is 0 Å². The molecule has 1 aromatic carbocycles. The maximum atomic E-state index is 13.2. The lowest BCUT2D eigenvalue weighted by molar-refractivity contribution is -0.122. The van der Waals surface area contributed by atoms with Crippen molar-refractivity contribution in [2.45, 2.75) is 25.4 Å². The highest BCUT2D eigenvalue weighted by Crippen LogP contribution is 2.33. The third-order valence-corrected chi connectivity index (χ3v) is 8.03. The number of likely N-dealkylation sites (tertiary alicyclic amines) is 1. The van der Waals surface area contributed by atoms with E-state index in [9.17, 15) is 9.59 Å². The van der Waals surface area contributed by atoms with Gasteiger partial charge in [0.2, 0.25) is 5.91 Å². The fraction of sp³-hybridized carbons (Fsp3) is 0.320. The van der Waals surface area contributed by atoms with Crippen LogP contribution in [0.15, 0.2) is 58.3 Å². The third-order valence-electron chi connectivity index (χ3n) is 6.24. The smallest absolute Gasteiger partial charge is 0.263 e. The first-order valence-electron chi connectivity index (χ1n) is 11.3. The van der Waals surface area contributed by atoms with Crippen LogP contribution in [0.1, 0.15) is 24.4 Å². The molecule has 3 aromatic heterocycles. The molecule has 4 heterocycles. The second-order valence-corrected chi connectivity index (χ2v) is 10.1. The van der Waals surface area contributed by atoms with Crippen LogP contribution < -0.4 is 15.6 Å². The van der Waals surface area contributed by atoms with Gasteiger partial charge in [0.15, 0.2) is 0 Å². The highest BCUT2D eigenvalue weighted by atomic mass is 32.1. The Bertz CT molecular complexity index is 1320. The molecule has 5 rings (SSSR count). The largest absolute Gasteiger partial charge is 0.497 e. The minimum Gasteiger partial charge on any atom is -0.497 e. The number of aromatic nitrogens is 2. The lowest BCUT2D eigenvalue weighted by Crippen LogP contribution is -2.39. The maximum Gasteiger partial charge on any atom is 0.263 e. The predicted octanol–water partition coefficient (Wildman–Crippen LogP) is 4.15. The molecule has 1 amide bonds. The Balaban J connectivity index is 1.32. The quantitative estimate of drug-likeness (QED) is 0.398. The van der Waals surface area contributed by atoms with Crippen LogP contribution in [0.2, 0.25) is 0 Å². The molecule has 4 aromatic rings. The number of rotatable bonds is 8. The first-order chi connectivity index (χ1) is 16.6. The second-order valence-electron chi connectivity index (χ2n) is 8.32. The average Bonchev–Trinajstić information content (AvgIpc) is 3.63. The standard InChI is InChI=1S/C25H26N4O3S2/c1-32-18-8-6-17(7-9-18)20(28-10-2-3-11-28)13-26-22(30)14-29-16-27-24-23(25(29)31)19(15-34-24)21-5-4-12-33-21/h4-9,12,15-16,20H,2-3,10-11,13-14H2,1H3,(H,26,30)/t20-/m1/s1. The van der Waals surface area contributed by atoms with Crippen LogP contribution >= 0.6 is 22.7 Å². The van der Waals surface area contributed by atoms with Crippen molar-refractivity contribution < 1.29 is 9.53 Å². The molecule has 1 aliphatic rings. The Hall–Kier alpha value is -3.01. The van der Waals surface area contributed by atoms with E-state index in [0.29, 0.717) is 16.8 Å². The number of thiophene rings is 2. The number of ether oxygens (including phenoxy) is 1. The van der Waals surface area contributed by atoms with Crippen molar-refractivity contribution >= 4 is 38.8 Å². The fourth-order valence-electron chi connectivity index (χ4n) is 4.45. The number of fused-ring (bicyclic) bond motifs is 1. The van der Waals surface area contributed by atoms with E-state index in [1.54, 1.807) is 18.4 Å². The molecule has 34 heavy (non-hydrogen) atoms. The maximum absolute atomic E-state index is 13.2. The van der Waals surface area contributed by atoms with Crippen molar-refractivity contribution in [1.82, 2.24) is 19.8 Å². The number of methoxy groups -OCH3 is 1. The Kier molecular flexibility index (Phi) is 6.75. The molecule has 0 saturated carbocycles. The minimum absolute atomic E-state index is 0.0587. The number of nitrogens with zero attached hydrogens (tertiary/aromatic N) is 3. The highest BCUT2D eigenvalue weighted by Gasteiger charge is 2.24. The molecule has 176 valence electrons. The SMILES string of the molecule is COc1ccc([C@@H](CNC(=O)Cn2cnc3scc(-c4cccs4)c3c2=O)N2CCCC2)cc1. The molecule has 1 aliphatic heterocycles. The van der Waals surface area contributed by atoms with Crippen LogP contribution in [-0.4, -0.2) is 47.1 Å². The lowest BCUT2D eigenvalue weighted by atomic mass is 10.1. The van der Waals surface area contributed by atoms with E-state index in [0.717, 1.165) is 47.7 Å². The molecule has 1 saturated heterocycles. The summed E-state index contributed by atoms with van der Waals surface area (Å²) < 4.78 is 6.69. The van der Waals surface area contributed by atoms with Crippen LogP contribution in [0, 0.1) is 0 Å². The molecule has 1 N–H and O–H groups in total. The predicted molar refractivity (Wildman–Crippen MR) is 137 cm³/mol. The van der Waals surface area contributed by atoms with Crippen LogP contribution in [0.4, 0.5) is 0 Å². The number of benzene rings is 1. The molecule has 0 aliphatic carbocycles. The number of amides is 1. The molecular weight excluding hydrogens is 468 g/mol. The zero-order chi connectivity index (χ0) is 23.5. The van der Waals surface area contributed by atoms with Crippen molar-refractivity contribution in [3.05, 3.63) is 69.4 Å². The normalized spacial score (nSPS) is 15.0. The number of nitrogens with one attached hydrogen (secondary N) is 1.